The molecule has 2 aliphatic rings. The molecule has 0 radical (unpaired) electrons. The molecule has 0 amide bonds. The van der Waals surface area contributed by atoms with Gasteiger partial charge in [0.05, 0.1) is 0 Å². The molecular weight excluding hydrogens is 232 g/mol. The number of hydrogen-bond donors (Lipinski definition) is 1. The highest BCUT2D eigenvalue weighted by Gasteiger charge is 2.26. The smallest absolute Gasteiger partial charge is 0.0449 e. The van der Waals surface area contributed by atoms with E-state index in [-0.39, 0.29) is 0 Å². The molecule has 2 atom stereocenters. The van der Waals surface area contributed by atoms with Gasteiger partial charge in [-0.15, -0.1) is 0 Å². The number of piperazine rings is 1. The van der Waals surface area contributed by atoms with Gasteiger partial charge in [0.15, 0.2) is 0 Å². The second-order valence-corrected chi connectivity index (χ2v) is 6.30. The van der Waals surface area contributed by atoms with Gasteiger partial charge in [0.2, 0.25) is 0 Å². The van der Waals surface area contributed by atoms with E-state index in [2.05, 4.69) is 47.5 Å². The average Bonchev–Trinajstić information content (AvgIpc) is 3.26. The Balaban J connectivity index is 1.53. The summed E-state index contributed by atoms with van der Waals surface area (Å²) in [5.41, 5.74) is 1.43. The molecule has 2 heteroatoms. The van der Waals surface area contributed by atoms with Gasteiger partial charge in [0, 0.05) is 25.2 Å². The van der Waals surface area contributed by atoms with Crippen LogP contribution in [-0.4, -0.2) is 30.6 Å². The van der Waals surface area contributed by atoms with Gasteiger partial charge in [0.25, 0.3) is 0 Å². The summed E-state index contributed by atoms with van der Waals surface area (Å²) in [5, 5.41) is 3.68. The molecule has 1 aromatic rings. The third kappa shape index (κ3) is 3.58. The summed E-state index contributed by atoms with van der Waals surface area (Å²) in [6.07, 6.45) is 5.82. The molecule has 0 bridgehead atoms. The highest BCUT2D eigenvalue weighted by atomic mass is 15.2. The van der Waals surface area contributed by atoms with Crippen LogP contribution in [0.1, 0.15) is 44.2 Å². The topological polar surface area (TPSA) is 15.3 Å². The summed E-state index contributed by atoms with van der Waals surface area (Å²) in [4.78, 5) is 2.68. The summed E-state index contributed by atoms with van der Waals surface area (Å²) in [6.45, 7) is 5.91. The number of nitrogens with zero attached hydrogens (tertiary/aromatic N) is 1. The fourth-order valence-electron chi connectivity index (χ4n) is 3.13. The van der Waals surface area contributed by atoms with Gasteiger partial charge in [-0.25, -0.2) is 0 Å². The monoisotopic (exact) mass is 258 g/mol. The van der Waals surface area contributed by atoms with E-state index in [9.17, 15) is 0 Å². The minimum Gasteiger partial charge on any atom is -0.307 e. The number of benzene rings is 1. The lowest BCUT2D eigenvalue weighted by atomic mass is 10.0. The third-order valence-corrected chi connectivity index (χ3v) is 4.66. The first kappa shape index (κ1) is 13.1. The number of nitrogens with one attached hydrogen (secondary N) is 1. The highest BCUT2D eigenvalue weighted by molar-refractivity contribution is 5.20. The molecule has 0 spiro atoms. The largest absolute Gasteiger partial charge is 0.307 e. The first-order valence-corrected chi connectivity index (χ1v) is 7.85. The number of hydrogen-bond acceptors (Lipinski definition) is 2. The fourth-order valence-corrected chi connectivity index (χ4v) is 3.13. The predicted octanol–water partition coefficient (Wildman–Crippen LogP) is 3.21. The Bertz CT molecular complexity index is 386. The summed E-state index contributed by atoms with van der Waals surface area (Å²) < 4.78 is 0. The van der Waals surface area contributed by atoms with E-state index in [4.69, 9.17) is 0 Å². The Kier molecular flexibility index (Phi) is 4.19. The third-order valence-electron chi connectivity index (χ3n) is 4.66. The van der Waals surface area contributed by atoms with E-state index in [0.717, 1.165) is 19.0 Å². The molecule has 1 N–H and O–H groups in total. The summed E-state index contributed by atoms with van der Waals surface area (Å²) in [5.74, 6) is 1.07. The summed E-state index contributed by atoms with van der Waals surface area (Å²) in [7, 11) is 0. The maximum atomic E-state index is 3.68. The van der Waals surface area contributed by atoms with Crippen molar-refractivity contribution in [2.24, 2.45) is 5.92 Å². The molecular formula is C17H26N2. The van der Waals surface area contributed by atoms with Crippen molar-refractivity contribution in [3.05, 3.63) is 35.9 Å². The van der Waals surface area contributed by atoms with Gasteiger partial charge in [0.1, 0.15) is 0 Å². The van der Waals surface area contributed by atoms with Crippen molar-refractivity contribution >= 4 is 0 Å². The van der Waals surface area contributed by atoms with Crippen LogP contribution in [-0.2, 0) is 0 Å². The lowest BCUT2D eigenvalue weighted by Crippen LogP contribution is -2.51. The molecule has 0 aromatic heterocycles. The van der Waals surface area contributed by atoms with Crippen molar-refractivity contribution in [3.63, 3.8) is 0 Å². The molecule has 2 fully saturated rings. The van der Waals surface area contributed by atoms with Crippen LogP contribution < -0.4 is 5.32 Å². The Morgan fingerprint density at radius 3 is 2.74 bits per heavy atom. The lowest BCUT2D eigenvalue weighted by molar-refractivity contribution is 0.138. The highest BCUT2D eigenvalue weighted by Crippen LogP contribution is 2.33. The normalized spacial score (nSPS) is 28.5. The van der Waals surface area contributed by atoms with E-state index >= 15 is 0 Å². The van der Waals surface area contributed by atoms with E-state index in [0.29, 0.717) is 12.1 Å². The van der Waals surface area contributed by atoms with Crippen LogP contribution in [0.25, 0.3) is 0 Å². The molecule has 104 valence electrons. The average molecular weight is 258 g/mol. The maximum absolute atomic E-state index is 3.68. The van der Waals surface area contributed by atoms with Crippen LogP contribution in [0.3, 0.4) is 0 Å². The second kappa shape index (κ2) is 6.06. The van der Waals surface area contributed by atoms with Crippen LogP contribution in [0.2, 0.25) is 0 Å². The first-order valence-electron chi connectivity index (χ1n) is 7.85. The quantitative estimate of drug-likeness (QED) is 0.872. The zero-order valence-corrected chi connectivity index (χ0v) is 12.0. The molecule has 1 saturated carbocycles. The van der Waals surface area contributed by atoms with Crippen LogP contribution in [0.4, 0.5) is 0 Å². The molecule has 1 aliphatic carbocycles. The van der Waals surface area contributed by atoms with Gasteiger partial charge < -0.3 is 5.32 Å². The summed E-state index contributed by atoms with van der Waals surface area (Å²) in [6, 6.07) is 12.1. The Morgan fingerprint density at radius 2 is 2.00 bits per heavy atom. The van der Waals surface area contributed by atoms with Crippen LogP contribution in [0, 0.1) is 5.92 Å². The predicted molar refractivity (Wildman–Crippen MR) is 80.2 cm³/mol. The molecule has 19 heavy (non-hydrogen) atoms. The molecule has 1 aromatic carbocycles. The van der Waals surface area contributed by atoms with Gasteiger partial charge >= 0.3 is 0 Å². The fraction of sp³-hybridized carbons (Fsp3) is 0.647. The van der Waals surface area contributed by atoms with E-state index in [1.54, 1.807) is 0 Å². The molecule has 1 aliphatic heterocycles. The minimum atomic E-state index is 0.512. The van der Waals surface area contributed by atoms with Gasteiger partial charge in [-0.05, 0) is 37.8 Å². The van der Waals surface area contributed by atoms with Crippen molar-refractivity contribution in [3.8, 4) is 0 Å². The second-order valence-electron chi connectivity index (χ2n) is 6.30. The van der Waals surface area contributed by atoms with Gasteiger partial charge in [-0.1, -0.05) is 43.2 Å². The van der Waals surface area contributed by atoms with Crippen molar-refractivity contribution in [2.75, 3.05) is 19.6 Å². The van der Waals surface area contributed by atoms with Gasteiger partial charge in [-0.2, -0.15) is 0 Å². The van der Waals surface area contributed by atoms with Crippen LogP contribution in [0.5, 0.6) is 0 Å². The van der Waals surface area contributed by atoms with Crippen LogP contribution in [0.15, 0.2) is 30.3 Å². The molecule has 3 rings (SSSR count). The Morgan fingerprint density at radius 1 is 1.21 bits per heavy atom. The summed E-state index contributed by atoms with van der Waals surface area (Å²) >= 11 is 0. The first-order chi connectivity index (χ1) is 9.33. The standard InChI is InChI=1S/C17H26N2/c1-14-12-18-17(16-7-3-2-4-8-16)13-19(14)11-5-6-15-9-10-15/h2-4,7-8,14-15,17-18H,5-6,9-13H2,1H3. The van der Waals surface area contributed by atoms with Crippen molar-refractivity contribution in [1.29, 1.82) is 0 Å². The Hall–Kier alpha value is -0.860. The minimum absolute atomic E-state index is 0.512. The molecule has 2 nitrogen and oxygen atoms in total. The van der Waals surface area contributed by atoms with E-state index < -0.39 is 0 Å². The van der Waals surface area contributed by atoms with Gasteiger partial charge in [-0.3, -0.25) is 4.90 Å². The van der Waals surface area contributed by atoms with E-state index in [1.165, 1.54) is 37.8 Å². The maximum Gasteiger partial charge on any atom is 0.0449 e. The lowest BCUT2D eigenvalue weighted by Gasteiger charge is -2.39. The van der Waals surface area contributed by atoms with Crippen molar-refractivity contribution in [2.45, 2.75) is 44.7 Å². The van der Waals surface area contributed by atoms with Crippen LogP contribution >= 0.6 is 0 Å². The Labute approximate surface area is 117 Å². The SMILES string of the molecule is CC1CNC(c2ccccc2)CN1CCCC1CC1. The molecule has 1 heterocycles. The number of rotatable bonds is 5. The van der Waals surface area contributed by atoms with E-state index in [1.807, 2.05) is 0 Å². The van der Waals surface area contributed by atoms with Crippen molar-refractivity contribution < 1.29 is 0 Å². The zero-order valence-electron chi connectivity index (χ0n) is 12.0. The zero-order chi connectivity index (χ0) is 13.1. The van der Waals surface area contributed by atoms with Crippen molar-refractivity contribution in [1.82, 2.24) is 10.2 Å². The molecule has 1 saturated heterocycles. The molecule has 2 unspecified atom stereocenters.